The molecule has 1 heterocycles. The molecule has 0 bridgehead atoms. The molecule has 1 aromatic rings. The quantitative estimate of drug-likeness (QED) is 0.713. The number of carbonyl (C=O) groups is 1. The fourth-order valence-electron chi connectivity index (χ4n) is 1.71. The zero-order valence-electron chi connectivity index (χ0n) is 8.11. The Morgan fingerprint density at radius 1 is 1.53 bits per heavy atom. The Kier molecular flexibility index (Phi) is 2.79. The number of carbonyl (C=O) groups excluding carboxylic acids is 1. The Bertz CT molecular complexity index is 435. The highest BCUT2D eigenvalue weighted by molar-refractivity contribution is 9.10. The van der Waals surface area contributed by atoms with Crippen LogP contribution in [0.1, 0.15) is 6.42 Å². The molecule has 15 heavy (non-hydrogen) atoms. The van der Waals surface area contributed by atoms with Gasteiger partial charge in [0, 0.05) is 29.0 Å². The number of amides is 1. The van der Waals surface area contributed by atoms with Gasteiger partial charge in [-0.1, -0.05) is 22.0 Å². The predicted octanol–water partition coefficient (Wildman–Crippen LogP) is 2.44. The van der Waals surface area contributed by atoms with Crippen molar-refractivity contribution in [3.05, 3.63) is 28.7 Å². The maximum absolute atomic E-state index is 11.7. The molecule has 2 rings (SSSR count). The van der Waals surface area contributed by atoms with Crippen molar-refractivity contribution in [2.24, 2.45) is 5.92 Å². The van der Waals surface area contributed by atoms with E-state index in [0.717, 1.165) is 10.2 Å². The maximum Gasteiger partial charge on any atom is 0.228 e. The summed E-state index contributed by atoms with van der Waals surface area (Å²) in [5.74, 6) is 2.79. The summed E-state index contributed by atoms with van der Waals surface area (Å²) in [5.41, 5.74) is 0.909. The fraction of sp³-hybridized carbons (Fsp3) is 0.250. The molecule has 0 aromatic heterocycles. The van der Waals surface area contributed by atoms with Crippen LogP contribution in [0.25, 0.3) is 0 Å². The van der Waals surface area contributed by atoms with Crippen LogP contribution in [0.2, 0.25) is 0 Å². The summed E-state index contributed by atoms with van der Waals surface area (Å²) in [4.78, 5) is 13.4. The lowest BCUT2D eigenvalue weighted by Gasteiger charge is -2.15. The van der Waals surface area contributed by atoms with E-state index >= 15 is 0 Å². The summed E-state index contributed by atoms with van der Waals surface area (Å²) in [6.45, 7) is 0.631. The van der Waals surface area contributed by atoms with Gasteiger partial charge in [0.2, 0.25) is 5.91 Å². The lowest BCUT2D eigenvalue weighted by molar-refractivity contribution is -0.117. The summed E-state index contributed by atoms with van der Waals surface area (Å²) in [5, 5.41) is 0. The van der Waals surface area contributed by atoms with Crippen molar-refractivity contribution < 1.29 is 4.79 Å². The molecule has 1 amide bonds. The molecule has 0 aliphatic carbocycles. The van der Waals surface area contributed by atoms with Gasteiger partial charge in [0.1, 0.15) is 0 Å². The van der Waals surface area contributed by atoms with Crippen LogP contribution in [-0.4, -0.2) is 12.5 Å². The lowest BCUT2D eigenvalue weighted by atomic mass is 10.1. The normalized spacial score (nSPS) is 20.4. The third-order valence-corrected chi connectivity index (χ3v) is 2.97. The van der Waals surface area contributed by atoms with Gasteiger partial charge < -0.3 is 4.90 Å². The van der Waals surface area contributed by atoms with E-state index in [1.165, 1.54) is 0 Å². The van der Waals surface area contributed by atoms with Crippen molar-refractivity contribution in [3.8, 4) is 12.3 Å². The third kappa shape index (κ3) is 2.05. The van der Waals surface area contributed by atoms with Crippen molar-refractivity contribution in [1.82, 2.24) is 0 Å². The van der Waals surface area contributed by atoms with E-state index in [-0.39, 0.29) is 11.8 Å². The van der Waals surface area contributed by atoms with Crippen LogP contribution in [0.4, 0.5) is 5.69 Å². The third-order valence-electron chi connectivity index (χ3n) is 2.48. The second-order valence-electron chi connectivity index (χ2n) is 3.55. The highest BCUT2D eigenvalue weighted by atomic mass is 79.9. The summed E-state index contributed by atoms with van der Waals surface area (Å²) >= 11 is 3.38. The first-order chi connectivity index (χ1) is 7.20. The summed E-state index contributed by atoms with van der Waals surface area (Å²) in [7, 11) is 0. The van der Waals surface area contributed by atoms with Gasteiger partial charge in [0.25, 0.3) is 0 Å². The molecule has 3 heteroatoms. The molecule has 1 aromatic carbocycles. The van der Waals surface area contributed by atoms with E-state index in [1.54, 1.807) is 4.90 Å². The van der Waals surface area contributed by atoms with Crippen LogP contribution in [0.5, 0.6) is 0 Å². The second-order valence-corrected chi connectivity index (χ2v) is 4.47. The van der Waals surface area contributed by atoms with Gasteiger partial charge in [-0.2, -0.15) is 0 Å². The Morgan fingerprint density at radius 2 is 2.33 bits per heavy atom. The van der Waals surface area contributed by atoms with Gasteiger partial charge in [-0.05, 0) is 18.2 Å². The number of benzene rings is 1. The van der Waals surface area contributed by atoms with Gasteiger partial charge in [0.15, 0.2) is 0 Å². The summed E-state index contributed by atoms with van der Waals surface area (Å²) in [6.07, 6.45) is 5.79. The Hall–Kier alpha value is -1.27. The number of hydrogen-bond acceptors (Lipinski definition) is 1. The topological polar surface area (TPSA) is 20.3 Å². The van der Waals surface area contributed by atoms with E-state index in [1.807, 2.05) is 24.3 Å². The van der Waals surface area contributed by atoms with E-state index in [9.17, 15) is 4.79 Å². The molecule has 0 saturated carbocycles. The van der Waals surface area contributed by atoms with Crippen molar-refractivity contribution in [2.45, 2.75) is 6.42 Å². The Morgan fingerprint density at radius 3 is 2.93 bits per heavy atom. The average Bonchev–Trinajstić information content (AvgIpc) is 2.60. The zero-order valence-corrected chi connectivity index (χ0v) is 9.70. The molecular formula is C12H10BrNO. The average molecular weight is 264 g/mol. The van der Waals surface area contributed by atoms with E-state index in [4.69, 9.17) is 6.42 Å². The Balaban J connectivity index is 2.26. The second kappa shape index (κ2) is 4.08. The molecule has 0 radical (unpaired) electrons. The minimum atomic E-state index is 0.0523. The van der Waals surface area contributed by atoms with Crippen LogP contribution in [0, 0.1) is 18.3 Å². The van der Waals surface area contributed by atoms with Gasteiger partial charge in [-0.3, -0.25) is 4.79 Å². The summed E-state index contributed by atoms with van der Waals surface area (Å²) < 4.78 is 0.969. The number of hydrogen-bond donors (Lipinski definition) is 0. The van der Waals surface area contributed by atoms with Gasteiger partial charge in [0.05, 0.1) is 0 Å². The fourth-order valence-corrected chi connectivity index (χ4v) is 2.10. The van der Waals surface area contributed by atoms with E-state index < -0.39 is 0 Å². The van der Waals surface area contributed by atoms with Gasteiger partial charge in [-0.15, -0.1) is 12.3 Å². The van der Waals surface area contributed by atoms with E-state index in [2.05, 4.69) is 21.9 Å². The van der Waals surface area contributed by atoms with Crippen molar-refractivity contribution in [2.75, 3.05) is 11.4 Å². The number of nitrogens with zero attached hydrogens (tertiary/aromatic N) is 1. The van der Waals surface area contributed by atoms with Crippen LogP contribution in [-0.2, 0) is 4.79 Å². The molecular weight excluding hydrogens is 254 g/mol. The van der Waals surface area contributed by atoms with Crippen molar-refractivity contribution in [1.29, 1.82) is 0 Å². The standard InChI is InChI=1S/C12H10BrNO/c1-2-9-6-12(15)14(8-9)11-5-3-4-10(13)7-11/h1,3-5,7,9H,6,8H2. The first-order valence-electron chi connectivity index (χ1n) is 4.73. The molecule has 1 atom stereocenters. The number of rotatable bonds is 1. The van der Waals surface area contributed by atoms with Crippen LogP contribution >= 0.6 is 15.9 Å². The molecule has 0 N–H and O–H groups in total. The SMILES string of the molecule is C#CC1CC(=O)N(c2cccc(Br)c2)C1. The molecule has 0 spiro atoms. The Labute approximate surface area is 97.4 Å². The highest BCUT2D eigenvalue weighted by Gasteiger charge is 2.29. The molecule has 1 aliphatic heterocycles. The predicted molar refractivity (Wildman–Crippen MR) is 63.4 cm³/mol. The molecule has 1 unspecified atom stereocenters. The molecule has 1 aliphatic rings. The minimum Gasteiger partial charge on any atom is -0.311 e. The lowest BCUT2D eigenvalue weighted by Crippen LogP contribution is -2.24. The monoisotopic (exact) mass is 263 g/mol. The van der Waals surface area contributed by atoms with Crippen LogP contribution in [0.15, 0.2) is 28.7 Å². The first kappa shape index (κ1) is 10.3. The first-order valence-corrected chi connectivity index (χ1v) is 5.52. The molecule has 76 valence electrons. The summed E-state index contributed by atoms with van der Waals surface area (Å²) in [6, 6.07) is 7.69. The molecule has 1 fully saturated rings. The van der Waals surface area contributed by atoms with Crippen LogP contribution in [0.3, 0.4) is 0 Å². The number of halogens is 1. The molecule has 2 nitrogen and oxygen atoms in total. The molecule has 1 saturated heterocycles. The van der Waals surface area contributed by atoms with Gasteiger partial charge in [-0.25, -0.2) is 0 Å². The van der Waals surface area contributed by atoms with Crippen molar-refractivity contribution >= 4 is 27.5 Å². The maximum atomic E-state index is 11.7. The minimum absolute atomic E-state index is 0.0523. The highest BCUT2D eigenvalue weighted by Crippen LogP contribution is 2.26. The largest absolute Gasteiger partial charge is 0.311 e. The number of anilines is 1. The zero-order chi connectivity index (χ0) is 10.8. The smallest absolute Gasteiger partial charge is 0.228 e. The van der Waals surface area contributed by atoms with Crippen LogP contribution < -0.4 is 4.90 Å². The number of terminal acetylenes is 1. The van der Waals surface area contributed by atoms with Gasteiger partial charge >= 0.3 is 0 Å². The van der Waals surface area contributed by atoms with E-state index in [0.29, 0.717) is 13.0 Å². The van der Waals surface area contributed by atoms with Crippen molar-refractivity contribution in [3.63, 3.8) is 0 Å².